The SMILES string of the molecule is CCN1C(=O)CC(N)C1c1cnn(-c2ccccc2)c1. The molecule has 5 nitrogen and oxygen atoms in total. The molecular formula is C15H18N4O. The van der Waals surface area contributed by atoms with Gasteiger partial charge in [-0.25, -0.2) is 4.68 Å². The quantitative estimate of drug-likeness (QED) is 0.919. The molecule has 1 amide bonds. The van der Waals surface area contributed by atoms with E-state index in [0.717, 1.165) is 11.3 Å². The zero-order chi connectivity index (χ0) is 14.1. The smallest absolute Gasteiger partial charge is 0.224 e. The Kier molecular flexibility index (Phi) is 3.28. The number of carbonyl (C=O) groups excluding carboxylic acids is 1. The van der Waals surface area contributed by atoms with E-state index in [1.807, 2.05) is 53.0 Å². The van der Waals surface area contributed by atoms with Crippen LogP contribution in [-0.4, -0.2) is 33.2 Å². The van der Waals surface area contributed by atoms with Gasteiger partial charge in [-0.15, -0.1) is 0 Å². The number of hydrogen-bond donors (Lipinski definition) is 1. The van der Waals surface area contributed by atoms with Crippen LogP contribution in [0.25, 0.3) is 5.69 Å². The highest BCUT2D eigenvalue weighted by molar-refractivity contribution is 5.80. The first-order valence-electron chi connectivity index (χ1n) is 6.85. The molecule has 1 aliphatic heterocycles. The number of likely N-dealkylation sites (tertiary alicyclic amines) is 1. The second kappa shape index (κ2) is 5.09. The van der Waals surface area contributed by atoms with Crippen LogP contribution in [0.2, 0.25) is 0 Å². The van der Waals surface area contributed by atoms with Gasteiger partial charge < -0.3 is 10.6 Å². The summed E-state index contributed by atoms with van der Waals surface area (Å²) in [6, 6.07) is 9.68. The lowest BCUT2D eigenvalue weighted by molar-refractivity contribution is -0.128. The molecule has 2 N–H and O–H groups in total. The van der Waals surface area contributed by atoms with Crippen molar-refractivity contribution < 1.29 is 4.79 Å². The first-order chi connectivity index (χ1) is 9.70. The van der Waals surface area contributed by atoms with Crippen LogP contribution in [0.3, 0.4) is 0 Å². The predicted molar refractivity (Wildman–Crippen MR) is 76.3 cm³/mol. The van der Waals surface area contributed by atoms with Crippen LogP contribution >= 0.6 is 0 Å². The standard InChI is InChI=1S/C15H18N4O/c1-2-18-14(20)8-13(16)15(18)11-9-17-19(10-11)12-6-4-3-5-7-12/h3-7,9-10,13,15H,2,8,16H2,1H3. The molecule has 0 radical (unpaired) electrons. The van der Waals surface area contributed by atoms with Gasteiger partial charge in [0.2, 0.25) is 5.91 Å². The van der Waals surface area contributed by atoms with E-state index in [2.05, 4.69) is 5.10 Å². The molecule has 104 valence electrons. The van der Waals surface area contributed by atoms with Crippen LogP contribution in [0, 0.1) is 0 Å². The summed E-state index contributed by atoms with van der Waals surface area (Å²) in [5.74, 6) is 0.123. The van der Waals surface area contributed by atoms with Crippen molar-refractivity contribution in [3.05, 3.63) is 48.3 Å². The van der Waals surface area contributed by atoms with Crippen LogP contribution in [0.4, 0.5) is 0 Å². The highest BCUT2D eigenvalue weighted by Gasteiger charge is 2.38. The molecular weight excluding hydrogens is 252 g/mol. The minimum Gasteiger partial charge on any atom is -0.334 e. The minimum absolute atomic E-state index is 0.0648. The lowest BCUT2D eigenvalue weighted by Gasteiger charge is -2.24. The topological polar surface area (TPSA) is 64.2 Å². The van der Waals surface area contributed by atoms with Gasteiger partial charge in [0.15, 0.2) is 0 Å². The Hall–Kier alpha value is -2.14. The zero-order valence-electron chi connectivity index (χ0n) is 11.4. The second-order valence-corrected chi connectivity index (χ2v) is 5.05. The molecule has 2 aromatic rings. The number of amides is 1. The molecule has 1 saturated heterocycles. The maximum absolute atomic E-state index is 11.9. The number of likely N-dealkylation sites (N-methyl/N-ethyl adjacent to an activating group) is 1. The summed E-state index contributed by atoms with van der Waals surface area (Å²) < 4.78 is 1.82. The third-order valence-corrected chi connectivity index (χ3v) is 3.78. The first-order valence-corrected chi connectivity index (χ1v) is 6.85. The number of nitrogens with zero attached hydrogens (tertiary/aromatic N) is 3. The van der Waals surface area contributed by atoms with Crippen molar-refractivity contribution in [3.8, 4) is 5.69 Å². The summed E-state index contributed by atoms with van der Waals surface area (Å²) in [6.07, 6.45) is 4.18. The van der Waals surface area contributed by atoms with Gasteiger partial charge in [0.25, 0.3) is 0 Å². The van der Waals surface area contributed by atoms with Crippen molar-refractivity contribution >= 4 is 5.91 Å². The molecule has 3 rings (SSSR count). The highest BCUT2D eigenvalue weighted by Crippen LogP contribution is 2.31. The maximum atomic E-state index is 11.9. The largest absolute Gasteiger partial charge is 0.334 e. The van der Waals surface area contributed by atoms with E-state index in [9.17, 15) is 4.79 Å². The molecule has 1 aliphatic rings. The average molecular weight is 270 g/mol. The molecule has 1 aromatic heterocycles. The summed E-state index contributed by atoms with van der Waals surface area (Å²) in [6.45, 7) is 2.65. The Morgan fingerprint density at radius 3 is 2.80 bits per heavy atom. The van der Waals surface area contributed by atoms with Crippen molar-refractivity contribution in [3.63, 3.8) is 0 Å². The molecule has 5 heteroatoms. The number of nitrogens with two attached hydrogens (primary N) is 1. The van der Waals surface area contributed by atoms with Crippen LogP contribution in [-0.2, 0) is 4.79 Å². The van der Waals surface area contributed by atoms with Crippen molar-refractivity contribution in [2.75, 3.05) is 6.54 Å². The highest BCUT2D eigenvalue weighted by atomic mass is 16.2. The summed E-state index contributed by atoms with van der Waals surface area (Å²) in [5, 5.41) is 4.38. The Morgan fingerprint density at radius 1 is 1.35 bits per heavy atom. The van der Waals surface area contributed by atoms with E-state index in [-0.39, 0.29) is 18.0 Å². The molecule has 2 heterocycles. The molecule has 0 spiro atoms. The lowest BCUT2D eigenvalue weighted by Crippen LogP contribution is -2.32. The third-order valence-electron chi connectivity index (χ3n) is 3.78. The van der Waals surface area contributed by atoms with E-state index in [1.165, 1.54) is 0 Å². The molecule has 20 heavy (non-hydrogen) atoms. The van der Waals surface area contributed by atoms with Gasteiger partial charge in [-0.3, -0.25) is 4.79 Å². The molecule has 1 fully saturated rings. The summed E-state index contributed by atoms with van der Waals surface area (Å²) >= 11 is 0. The van der Waals surface area contributed by atoms with Crippen molar-refractivity contribution in [2.45, 2.75) is 25.4 Å². The summed E-state index contributed by atoms with van der Waals surface area (Å²) in [5.41, 5.74) is 8.11. The first kappa shape index (κ1) is 12.9. The van der Waals surface area contributed by atoms with Crippen LogP contribution in [0.15, 0.2) is 42.7 Å². The molecule has 0 bridgehead atoms. The Morgan fingerprint density at radius 2 is 2.10 bits per heavy atom. The van der Waals surface area contributed by atoms with Crippen molar-refractivity contribution in [1.82, 2.24) is 14.7 Å². The Labute approximate surface area is 118 Å². The Balaban J connectivity index is 1.92. The molecule has 1 aromatic carbocycles. The van der Waals surface area contributed by atoms with Gasteiger partial charge in [0, 0.05) is 30.8 Å². The van der Waals surface area contributed by atoms with Gasteiger partial charge in [-0.05, 0) is 19.1 Å². The van der Waals surface area contributed by atoms with Gasteiger partial charge in [-0.2, -0.15) is 5.10 Å². The molecule has 0 saturated carbocycles. The van der Waals surface area contributed by atoms with Gasteiger partial charge in [0.05, 0.1) is 17.9 Å². The van der Waals surface area contributed by atoms with E-state index in [1.54, 1.807) is 6.20 Å². The molecule has 2 unspecified atom stereocenters. The predicted octanol–water partition coefficient (Wildman–Crippen LogP) is 1.49. The van der Waals surface area contributed by atoms with E-state index < -0.39 is 0 Å². The van der Waals surface area contributed by atoms with Gasteiger partial charge in [-0.1, -0.05) is 18.2 Å². The number of rotatable bonds is 3. The molecule has 0 aliphatic carbocycles. The van der Waals surface area contributed by atoms with Crippen LogP contribution in [0.1, 0.15) is 24.9 Å². The summed E-state index contributed by atoms with van der Waals surface area (Å²) in [7, 11) is 0. The van der Waals surface area contributed by atoms with Crippen molar-refractivity contribution in [1.29, 1.82) is 0 Å². The van der Waals surface area contributed by atoms with Crippen LogP contribution < -0.4 is 5.73 Å². The normalized spacial score (nSPS) is 22.5. The maximum Gasteiger partial charge on any atom is 0.224 e. The number of carbonyl (C=O) groups is 1. The Bertz CT molecular complexity index is 607. The minimum atomic E-state index is -0.157. The number of para-hydroxylation sites is 1. The fraction of sp³-hybridized carbons (Fsp3) is 0.333. The number of hydrogen-bond acceptors (Lipinski definition) is 3. The number of benzene rings is 1. The monoisotopic (exact) mass is 270 g/mol. The number of aromatic nitrogens is 2. The zero-order valence-corrected chi connectivity index (χ0v) is 11.4. The van der Waals surface area contributed by atoms with E-state index in [0.29, 0.717) is 13.0 Å². The van der Waals surface area contributed by atoms with Gasteiger partial charge in [0.1, 0.15) is 0 Å². The fourth-order valence-corrected chi connectivity index (χ4v) is 2.83. The van der Waals surface area contributed by atoms with Crippen LogP contribution in [0.5, 0.6) is 0 Å². The molecule has 2 atom stereocenters. The fourth-order valence-electron chi connectivity index (χ4n) is 2.83. The summed E-state index contributed by atoms with van der Waals surface area (Å²) in [4.78, 5) is 13.7. The third kappa shape index (κ3) is 2.10. The van der Waals surface area contributed by atoms with Crippen molar-refractivity contribution in [2.24, 2.45) is 5.73 Å². The lowest BCUT2D eigenvalue weighted by atomic mass is 10.0. The average Bonchev–Trinajstić information content (AvgIpc) is 3.03. The van der Waals surface area contributed by atoms with Gasteiger partial charge >= 0.3 is 0 Å². The van der Waals surface area contributed by atoms with E-state index >= 15 is 0 Å². The van der Waals surface area contributed by atoms with E-state index in [4.69, 9.17) is 5.73 Å². The second-order valence-electron chi connectivity index (χ2n) is 5.05.